The van der Waals surface area contributed by atoms with Crippen LogP contribution in [-0.4, -0.2) is 21.9 Å². The summed E-state index contributed by atoms with van der Waals surface area (Å²) in [6.45, 7) is 7.58. The highest BCUT2D eigenvalue weighted by molar-refractivity contribution is 8.01. The Balaban J connectivity index is 2.04. The largest absolute Gasteiger partial charge is 0.296 e. The van der Waals surface area contributed by atoms with Crippen LogP contribution in [0, 0.1) is 13.8 Å². The van der Waals surface area contributed by atoms with Crippen LogP contribution in [0.3, 0.4) is 0 Å². The second-order valence-electron chi connectivity index (χ2n) is 3.75. The van der Waals surface area contributed by atoms with Crippen LogP contribution in [0.5, 0.6) is 0 Å². The number of anilines is 1. The van der Waals surface area contributed by atoms with Crippen molar-refractivity contribution in [1.29, 1.82) is 0 Å². The van der Waals surface area contributed by atoms with Crippen LogP contribution >= 0.6 is 34.4 Å². The highest BCUT2D eigenvalue weighted by Crippen LogP contribution is 2.27. The standard InChI is InChI=1S/C12H13N3OS3/c1-4-5-17-12-15-14-11(19-12)13-10(16)9-6-7(2)18-8(9)3/h4,6H,1,5H2,2-3H3,(H,13,14,16). The summed E-state index contributed by atoms with van der Waals surface area (Å²) < 4.78 is 0.827. The quantitative estimate of drug-likeness (QED) is 0.519. The number of thiophene rings is 1. The van der Waals surface area contributed by atoms with Crippen LogP contribution in [0.25, 0.3) is 0 Å². The SMILES string of the molecule is C=CCSc1nnc(NC(=O)c2cc(C)sc2C)s1. The average Bonchev–Trinajstić information content (AvgIpc) is 2.93. The zero-order valence-electron chi connectivity index (χ0n) is 10.6. The summed E-state index contributed by atoms with van der Waals surface area (Å²) in [6, 6.07) is 1.89. The molecule has 0 aliphatic heterocycles. The summed E-state index contributed by atoms with van der Waals surface area (Å²) >= 11 is 4.54. The number of rotatable bonds is 5. The Bertz CT molecular complexity index is 603. The molecule has 1 amide bonds. The normalized spacial score (nSPS) is 10.4. The van der Waals surface area contributed by atoms with Gasteiger partial charge in [0.05, 0.1) is 5.56 Å². The Morgan fingerprint density at radius 3 is 2.89 bits per heavy atom. The van der Waals surface area contributed by atoms with E-state index >= 15 is 0 Å². The van der Waals surface area contributed by atoms with Crippen molar-refractivity contribution >= 4 is 45.5 Å². The maximum atomic E-state index is 12.1. The number of nitrogens with zero attached hydrogens (tertiary/aromatic N) is 2. The molecule has 100 valence electrons. The van der Waals surface area contributed by atoms with Crippen LogP contribution in [0.15, 0.2) is 23.1 Å². The molecule has 0 saturated heterocycles. The summed E-state index contributed by atoms with van der Waals surface area (Å²) in [5, 5.41) is 11.3. The fourth-order valence-corrected chi connectivity index (χ4v) is 3.90. The van der Waals surface area contributed by atoms with Crippen LogP contribution in [0.1, 0.15) is 20.1 Å². The molecule has 1 N–H and O–H groups in total. The second kappa shape index (κ2) is 6.31. The van der Waals surface area contributed by atoms with Crippen molar-refractivity contribution in [2.45, 2.75) is 18.2 Å². The summed E-state index contributed by atoms with van der Waals surface area (Å²) in [6.07, 6.45) is 1.81. The van der Waals surface area contributed by atoms with E-state index < -0.39 is 0 Å². The van der Waals surface area contributed by atoms with Crippen LogP contribution in [0.2, 0.25) is 0 Å². The van der Waals surface area contributed by atoms with E-state index in [2.05, 4.69) is 22.1 Å². The summed E-state index contributed by atoms with van der Waals surface area (Å²) in [4.78, 5) is 14.2. The minimum atomic E-state index is -0.127. The van der Waals surface area contributed by atoms with E-state index in [0.29, 0.717) is 10.7 Å². The van der Waals surface area contributed by atoms with Crippen molar-refractivity contribution in [2.75, 3.05) is 11.1 Å². The predicted molar refractivity (Wildman–Crippen MR) is 82.6 cm³/mol. The first kappa shape index (κ1) is 14.2. The first-order chi connectivity index (χ1) is 9.10. The van der Waals surface area contributed by atoms with Gasteiger partial charge in [0.15, 0.2) is 4.34 Å². The first-order valence-electron chi connectivity index (χ1n) is 5.55. The number of amides is 1. The van der Waals surface area contributed by atoms with Gasteiger partial charge >= 0.3 is 0 Å². The number of thioether (sulfide) groups is 1. The summed E-state index contributed by atoms with van der Waals surface area (Å²) in [5.74, 6) is 0.657. The third-order valence-electron chi connectivity index (χ3n) is 2.24. The molecule has 19 heavy (non-hydrogen) atoms. The molecule has 0 fully saturated rings. The molecule has 0 unspecified atom stereocenters. The third kappa shape index (κ3) is 3.65. The zero-order chi connectivity index (χ0) is 13.8. The Hall–Kier alpha value is -1.18. The Labute approximate surface area is 124 Å². The molecular formula is C12H13N3OS3. The minimum Gasteiger partial charge on any atom is -0.296 e. The van der Waals surface area contributed by atoms with Crippen molar-refractivity contribution in [3.63, 3.8) is 0 Å². The van der Waals surface area contributed by atoms with Gasteiger partial charge in [0.1, 0.15) is 0 Å². The van der Waals surface area contributed by atoms with Gasteiger partial charge in [-0.3, -0.25) is 10.1 Å². The van der Waals surface area contributed by atoms with Gasteiger partial charge in [-0.2, -0.15) is 0 Å². The number of nitrogens with one attached hydrogen (secondary N) is 1. The number of carbonyl (C=O) groups is 1. The molecule has 2 heterocycles. The second-order valence-corrected chi connectivity index (χ2v) is 7.46. The molecule has 2 aromatic heterocycles. The molecule has 0 aliphatic carbocycles. The van der Waals surface area contributed by atoms with E-state index in [9.17, 15) is 4.79 Å². The van der Waals surface area contributed by atoms with Crippen molar-refractivity contribution < 1.29 is 4.79 Å². The van der Waals surface area contributed by atoms with Crippen molar-refractivity contribution in [1.82, 2.24) is 10.2 Å². The van der Waals surface area contributed by atoms with Gasteiger partial charge in [-0.15, -0.1) is 28.1 Å². The zero-order valence-corrected chi connectivity index (χ0v) is 13.0. The van der Waals surface area contributed by atoms with Crippen LogP contribution in [-0.2, 0) is 0 Å². The lowest BCUT2D eigenvalue weighted by Crippen LogP contribution is -2.11. The smallest absolute Gasteiger partial charge is 0.258 e. The van der Waals surface area contributed by atoms with Crippen LogP contribution < -0.4 is 5.32 Å². The predicted octanol–water partition coefficient (Wildman–Crippen LogP) is 3.75. The molecule has 2 aromatic rings. The fourth-order valence-electron chi connectivity index (χ4n) is 1.47. The van der Waals surface area contributed by atoms with E-state index in [4.69, 9.17) is 0 Å². The fraction of sp³-hybridized carbons (Fsp3) is 0.250. The lowest BCUT2D eigenvalue weighted by atomic mass is 10.2. The molecule has 7 heteroatoms. The van der Waals surface area contributed by atoms with Gasteiger partial charge in [0, 0.05) is 15.5 Å². The van der Waals surface area contributed by atoms with Gasteiger partial charge in [-0.25, -0.2) is 0 Å². The van der Waals surface area contributed by atoms with E-state index in [1.807, 2.05) is 26.0 Å². The van der Waals surface area contributed by atoms with Crippen LogP contribution in [0.4, 0.5) is 5.13 Å². The maximum absolute atomic E-state index is 12.1. The average molecular weight is 311 g/mol. The molecule has 0 aliphatic rings. The highest BCUT2D eigenvalue weighted by Gasteiger charge is 2.14. The van der Waals surface area contributed by atoms with Crippen molar-refractivity contribution in [2.24, 2.45) is 0 Å². The Kier molecular flexibility index (Phi) is 4.73. The van der Waals surface area contributed by atoms with E-state index in [1.54, 1.807) is 23.1 Å². The molecule has 4 nitrogen and oxygen atoms in total. The topological polar surface area (TPSA) is 54.9 Å². The van der Waals surface area contributed by atoms with Gasteiger partial charge in [0.2, 0.25) is 5.13 Å². The number of aromatic nitrogens is 2. The monoisotopic (exact) mass is 311 g/mol. The first-order valence-corrected chi connectivity index (χ1v) is 8.17. The minimum absolute atomic E-state index is 0.127. The van der Waals surface area contributed by atoms with Crippen molar-refractivity contribution in [3.05, 3.63) is 34.0 Å². The number of carbonyl (C=O) groups excluding carboxylic acids is 1. The van der Waals surface area contributed by atoms with E-state index in [-0.39, 0.29) is 5.91 Å². The Morgan fingerprint density at radius 2 is 2.26 bits per heavy atom. The van der Waals surface area contributed by atoms with E-state index in [1.165, 1.54) is 11.3 Å². The Morgan fingerprint density at radius 1 is 1.47 bits per heavy atom. The van der Waals surface area contributed by atoms with Gasteiger partial charge in [-0.1, -0.05) is 29.2 Å². The van der Waals surface area contributed by atoms with E-state index in [0.717, 1.165) is 19.8 Å². The summed E-state index contributed by atoms with van der Waals surface area (Å²) in [7, 11) is 0. The van der Waals surface area contributed by atoms with Gasteiger partial charge in [0.25, 0.3) is 5.91 Å². The molecule has 0 spiro atoms. The van der Waals surface area contributed by atoms with Gasteiger partial charge in [-0.05, 0) is 19.9 Å². The summed E-state index contributed by atoms with van der Waals surface area (Å²) in [5.41, 5.74) is 0.706. The highest BCUT2D eigenvalue weighted by atomic mass is 32.2. The molecular weight excluding hydrogens is 298 g/mol. The number of hydrogen-bond acceptors (Lipinski definition) is 6. The number of aryl methyl sites for hydroxylation is 2. The molecule has 0 aromatic carbocycles. The molecule has 0 saturated carbocycles. The molecule has 0 atom stereocenters. The number of hydrogen-bond donors (Lipinski definition) is 1. The maximum Gasteiger partial charge on any atom is 0.258 e. The molecule has 0 bridgehead atoms. The van der Waals surface area contributed by atoms with Crippen molar-refractivity contribution in [3.8, 4) is 0 Å². The molecule has 0 radical (unpaired) electrons. The third-order valence-corrected chi connectivity index (χ3v) is 5.17. The molecule has 2 rings (SSSR count). The lowest BCUT2D eigenvalue weighted by molar-refractivity contribution is 0.102. The lowest BCUT2D eigenvalue weighted by Gasteiger charge is -1.99. The van der Waals surface area contributed by atoms with Gasteiger partial charge < -0.3 is 0 Å².